The summed E-state index contributed by atoms with van der Waals surface area (Å²) in [5.74, 6) is 1.80. The van der Waals surface area contributed by atoms with Gasteiger partial charge >= 0.3 is 0 Å². The number of thioether (sulfide) groups is 1. The first-order chi connectivity index (χ1) is 16.2. The van der Waals surface area contributed by atoms with Crippen molar-refractivity contribution < 1.29 is 4.74 Å². The molecule has 0 aliphatic heterocycles. The minimum Gasteiger partial charge on any atom is -0.497 e. The summed E-state index contributed by atoms with van der Waals surface area (Å²) >= 11 is 2.97. The summed E-state index contributed by atoms with van der Waals surface area (Å²) in [6.07, 6.45) is 0.849. The first kappa shape index (κ1) is 24.0. The fourth-order valence-electron chi connectivity index (χ4n) is 3.59. The van der Waals surface area contributed by atoms with Crippen molar-refractivity contribution in [2.24, 2.45) is 0 Å². The van der Waals surface area contributed by atoms with Gasteiger partial charge in [-0.05, 0) is 38.0 Å². The molecule has 0 aliphatic rings. The molecular weight excluding hydrogens is 470 g/mol. The molecule has 3 aromatic heterocycles. The van der Waals surface area contributed by atoms with Crippen molar-refractivity contribution >= 4 is 45.2 Å². The van der Waals surface area contributed by atoms with Crippen molar-refractivity contribution in [2.75, 3.05) is 31.8 Å². The summed E-state index contributed by atoms with van der Waals surface area (Å²) in [7, 11) is 5.29. The van der Waals surface area contributed by atoms with Crippen LogP contribution in [-0.2, 0) is 6.42 Å². The number of anilines is 2. The molecule has 0 amide bonds. The number of thiophene rings is 1. The van der Waals surface area contributed by atoms with Gasteiger partial charge in [-0.1, -0.05) is 24.8 Å². The Bertz CT molecular complexity index is 1410. The van der Waals surface area contributed by atoms with Crippen LogP contribution in [0, 0.1) is 6.92 Å². The number of aromatic nitrogens is 5. The summed E-state index contributed by atoms with van der Waals surface area (Å²) in [4.78, 5) is 35.5. The van der Waals surface area contributed by atoms with Gasteiger partial charge in [0.1, 0.15) is 16.4 Å². The van der Waals surface area contributed by atoms with Crippen molar-refractivity contribution in [3.8, 4) is 11.4 Å². The quantitative estimate of drug-likeness (QED) is 0.299. The number of ether oxygens (including phenoxy) is 1. The number of nitrogens with zero attached hydrogens (tertiary/aromatic N) is 6. The van der Waals surface area contributed by atoms with Crippen molar-refractivity contribution in [2.45, 2.75) is 37.6 Å². The number of hydrogen-bond donors (Lipinski definition) is 1. The molecule has 11 heteroatoms. The molecule has 0 aliphatic carbocycles. The first-order valence-corrected chi connectivity index (χ1v) is 12.5. The maximum absolute atomic E-state index is 13.8. The van der Waals surface area contributed by atoms with Crippen molar-refractivity contribution in [1.82, 2.24) is 24.5 Å². The normalized spacial score (nSPS) is 12.2. The van der Waals surface area contributed by atoms with Crippen LogP contribution in [0.25, 0.3) is 15.9 Å². The van der Waals surface area contributed by atoms with Gasteiger partial charge in [0.2, 0.25) is 11.9 Å². The van der Waals surface area contributed by atoms with Crippen LogP contribution in [0.4, 0.5) is 11.9 Å². The number of rotatable bonds is 7. The van der Waals surface area contributed by atoms with Crippen molar-refractivity contribution in [3.63, 3.8) is 0 Å². The Hall–Kier alpha value is -3.18. The van der Waals surface area contributed by atoms with Gasteiger partial charge in [-0.3, -0.25) is 9.36 Å². The summed E-state index contributed by atoms with van der Waals surface area (Å²) in [5.41, 5.74) is 7.50. The summed E-state index contributed by atoms with van der Waals surface area (Å²) < 4.78 is 7.04. The predicted octanol–water partition coefficient (Wildman–Crippen LogP) is 4.01. The van der Waals surface area contributed by atoms with Gasteiger partial charge in [0.05, 0.1) is 23.4 Å². The number of nitrogens with two attached hydrogens (primary N) is 1. The van der Waals surface area contributed by atoms with Crippen LogP contribution < -0.4 is 20.9 Å². The minimum atomic E-state index is -0.239. The number of fused-ring (bicyclic) bond motifs is 1. The van der Waals surface area contributed by atoms with E-state index in [4.69, 9.17) is 15.5 Å². The highest BCUT2D eigenvalue weighted by Gasteiger charge is 2.22. The molecule has 2 N–H and O–H groups in total. The Morgan fingerprint density at radius 3 is 2.68 bits per heavy atom. The van der Waals surface area contributed by atoms with Gasteiger partial charge in [-0.25, -0.2) is 4.98 Å². The number of hydrogen-bond acceptors (Lipinski definition) is 10. The van der Waals surface area contributed by atoms with Crippen LogP contribution >= 0.6 is 23.1 Å². The Kier molecular flexibility index (Phi) is 6.76. The fourth-order valence-corrected chi connectivity index (χ4v) is 5.72. The van der Waals surface area contributed by atoms with Crippen LogP contribution in [0.3, 0.4) is 0 Å². The fraction of sp³-hybridized carbons (Fsp3) is 0.348. The standard InChI is InChI=1S/C23H27N7O2S2/c1-7-16-12(2)17-19(34-16)27-23(30(20(17)31)14-9-8-10-15(11-14)32-6)33-13(3)18-25-21(24)28-22(26-18)29(4)5/h8-11,13H,7H2,1-6H3,(H2,24,25,26,28). The van der Waals surface area contributed by atoms with Crippen LogP contribution in [0.1, 0.15) is 35.4 Å². The molecule has 9 nitrogen and oxygen atoms in total. The molecule has 4 aromatic rings. The second-order valence-electron chi connectivity index (χ2n) is 7.93. The molecule has 0 bridgehead atoms. The van der Waals surface area contributed by atoms with E-state index in [1.54, 1.807) is 27.9 Å². The lowest BCUT2D eigenvalue weighted by atomic mass is 10.2. The second kappa shape index (κ2) is 9.59. The van der Waals surface area contributed by atoms with Gasteiger partial charge in [-0.15, -0.1) is 11.3 Å². The van der Waals surface area contributed by atoms with E-state index in [1.807, 2.05) is 52.2 Å². The largest absolute Gasteiger partial charge is 0.497 e. The Labute approximate surface area is 206 Å². The summed E-state index contributed by atoms with van der Waals surface area (Å²) in [6.45, 7) is 6.04. The van der Waals surface area contributed by atoms with Crippen LogP contribution in [-0.4, -0.2) is 45.7 Å². The van der Waals surface area contributed by atoms with E-state index in [0.717, 1.165) is 21.7 Å². The Morgan fingerprint density at radius 2 is 2.00 bits per heavy atom. The number of benzene rings is 1. The molecule has 1 aromatic carbocycles. The predicted molar refractivity (Wildman–Crippen MR) is 139 cm³/mol. The van der Waals surface area contributed by atoms with E-state index in [2.05, 4.69) is 21.9 Å². The monoisotopic (exact) mass is 497 g/mol. The third kappa shape index (κ3) is 4.45. The lowest BCUT2D eigenvalue weighted by molar-refractivity contribution is 0.414. The average molecular weight is 498 g/mol. The van der Waals surface area contributed by atoms with Gasteiger partial charge < -0.3 is 15.4 Å². The summed E-state index contributed by atoms with van der Waals surface area (Å²) in [6, 6.07) is 7.41. The SMILES string of the molecule is CCc1sc2nc(SC(C)c3nc(N)nc(N(C)C)n3)n(-c3cccc(OC)c3)c(=O)c2c1C. The van der Waals surface area contributed by atoms with Crippen molar-refractivity contribution in [3.05, 3.63) is 50.9 Å². The summed E-state index contributed by atoms with van der Waals surface area (Å²) in [5, 5.41) is 0.963. The molecule has 0 spiro atoms. The van der Waals surface area contributed by atoms with Gasteiger partial charge in [0.15, 0.2) is 5.16 Å². The maximum Gasteiger partial charge on any atom is 0.267 e. The van der Waals surface area contributed by atoms with E-state index in [-0.39, 0.29) is 16.8 Å². The molecule has 0 fully saturated rings. The van der Waals surface area contributed by atoms with E-state index in [9.17, 15) is 4.79 Å². The van der Waals surface area contributed by atoms with E-state index in [1.165, 1.54) is 11.8 Å². The first-order valence-electron chi connectivity index (χ1n) is 10.8. The van der Waals surface area contributed by atoms with Gasteiger partial charge in [0, 0.05) is 25.0 Å². The van der Waals surface area contributed by atoms with E-state index >= 15 is 0 Å². The third-order valence-corrected chi connectivity index (χ3v) is 7.75. The third-order valence-electron chi connectivity index (χ3n) is 5.37. The minimum absolute atomic E-state index is 0.106. The number of methoxy groups -OCH3 is 1. The smallest absolute Gasteiger partial charge is 0.267 e. The van der Waals surface area contributed by atoms with Gasteiger partial charge in [-0.2, -0.15) is 15.0 Å². The van der Waals surface area contributed by atoms with E-state index in [0.29, 0.717) is 33.8 Å². The topological polar surface area (TPSA) is 112 Å². The van der Waals surface area contributed by atoms with Crippen LogP contribution in [0.15, 0.2) is 34.2 Å². The molecule has 0 saturated carbocycles. The number of aryl methyl sites for hydroxylation is 2. The average Bonchev–Trinajstić information content (AvgIpc) is 3.14. The zero-order valence-electron chi connectivity index (χ0n) is 20.0. The Morgan fingerprint density at radius 1 is 1.24 bits per heavy atom. The highest BCUT2D eigenvalue weighted by Crippen LogP contribution is 2.36. The van der Waals surface area contributed by atoms with Crippen LogP contribution in [0.5, 0.6) is 5.75 Å². The molecular formula is C23H27N7O2S2. The van der Waals surface area contributed by atoms with E-state index < -0.39 is 0 Å². The lowest BCUT2D eigenvalue weighted by Gasteiger charge is -2.17. The zero-order valence-corrected chi connectivity index (χ0v) is 21.6. The molecule has 1 atom stereocenters. The maximum atomic E-state index is 13.8. The molecule has 1 unspecified atom stereocenters. The molecule has 4 rings (SSSR count). The second-order valence-corrected chi connectivity index (χ2v) is 10.3. The Balaban J connectivity index is 1.90. The molecule has 3 heterocycles. The van der Waals surface area contributed by atoms with Gasteiger partial charge in [0.25, 0.3) is 5.56 Å². The highest BCUT2D eigenvalue weighted by molar-refractivity contribution is 7.99. The molecule has 178 valence electrons. The number of nitrogen functional groups attached to an aromatic ring is 1. The zero-order chi connectivity index (χ0) is 24.6. The highest BCUT2D eigenvalue weighted by atomic mass is 32.2. The van der Waals surface area contributed by atoms with Crippen molar-refractivity contribution in [1.29, 1.82) is 0 Å². The van der Waals surface area contributed by atoms with Crippen LogP contribution in [0.2, 0.25) is 0 Å². The molecule has 34 heavy (non-hydrogen) atoms. The molecule has 0 saturated heterocycles. The lowest BCUT2D eigenvalue weighted by Crippen LogP contribution is -2.22. The molecule has 0 radical (unpaired) electrons.